The van der Waals surface area contributed by atoms with E-state index in [1.54, 1.807) is 6.92 Å². The molecule has 0 bridgehead atoms. The van der Waals surface area contributed by atoms with Gasteiger partial charge in [0.05, 0.1) is 15.9 Å². The van der Waals surface area contributed by atoms with Crippen molar-refractivity contribution in [3.8, 4) is 0 Å². The van der Waals surface area contributed by atoms with Gasteiger partial charge in [0.15, 0.2) is 0 Å². The molecule has 2 unspecified atom stereocenters. The van der Waals surface area contributed by atoms with E-state index in [9.17, 15) is 20.2 Å². The number of non-ortho nitro benzene ring substituents is 1. The van der Waals surface area contributed by atoms with Gasteiger partial charge in [0.2, 0.25) is 0 Å². The van der Waals surface area contributed by atoms with Crippen molar-refractivity contribution in [1.29, 1.82) is 0 Å². The van der Waals surface area contributed by atoms with Gasteiger partial charge in [0, 0.05) is 23.6 Å². The van der Waals surface area contributed by atoms with Gasteiger partial charge >= 0.3 is 0 Å². The summed E-state index contributed by atoms with van der Waals surface area (Å²) in [5.41, 5.74) is 5.75. The molecular formula is C11H15N3O4. The maximum Gasteiger partial charge on any atom is 0.279 e. The third-order valence-electron chi connectivity index (χ3n) is 3.03. The first kappa shape index (κ1) is 14.0. The second kappa shape index (κ2) is 5.54. The number of nitro groups is 2. The van der Waals surface area contributed by atoms with E-state index in [0.29, 0.717) is 12.0 Å². The van der Waals surface area contributed by atoms with Crippen LogP contribution in [0.2, 0.25) is 0 Å². The number of hydrogen-bond donors (Lipinski definition) is 1. The lowest BCUT2D eigenvalue weighted by molar-refractivity contribution is -0.394. The molecule has 98 valence electrons. The quantitative estimate of drug-likeness (QED) is 0.639. The van der Waals surface area contributed by atoms with Crippen molar-refractivity contribution in [2.45, 2.75) is 32.2 Å². The molecule has 0 saturated carbocycles. The van der Waals surface area contributed by atoms with Crippen LogP contribution in [0.15, 0.2) is 18.2 Å². The molecule has 2 atom stereocenters. The van der Waals surface area contributed by atoms with E-state index in [2.05, 4.69) is 0 Å². The van der Waals surface area contributed by atoms with Gasteiger partial charge in [-0.1, -0.05) is 13.8 Å². The minimum atomic E-state index is -0.652. The molecule has 18 heavy (non-hydrogen) atoms. The molecule has 0 heterocycles. The summed E-state index contributed by atoms with van der Waals surface area (Å²) < 4.78 is 0. The second-order valence-corrected chi connectivity index (χ2v) is 4.12. The van der Waals surface area contributed by atoms with Crippen LogP contribution in [-0.4, -0.2) is 15.9 Å². The van der Waals surface area contributed by atoms with Crippen LogP contribution in [0, 0.1) is 20.2 Å². The van der Waals surface area contributed by atoms with E-state index < -0.39 is 9.85 Å². The van der Waals surface area contributed by atoms with Gasteiger partial charge in [-0.25, -0.2) is 0 Å². The Bertz CT molecular complexity index is 475. The van der Waals surface area contributed by atoms with Gasteiger partial charge in [-0.15, -0.1) is 0 Å². The van der Waals surface area contributed by atoms with E-state index in [1.807, 2.05) is 6.92 Å². The fourth-order valence-corrected chi connectivity index (χ4v) is 1.77. The Kier molecular flexibility index (Phi) is 4.33. The number of nitrogens with zero attached hydrogens (tertiary/aromatic N) is 2. The highest BCUT2D eigenvalue weighted by atomic mass is 16.6. The van der Waals surface area contributed by atoms with Crippen molar-refractivity contribution in [2.75, 3.05) is 0 Å². The summed E-state index contributed by atoms with van der Waals surface area (Å²) in [6.07, 6.45) is 0.676. The number of nitro benzene ring substituents is 2. The number of hydrogen-bond acceptors (Lipinski definition) is 5. The van der Waals surface area contributed by atoms with E-state index >= 15 is 0 Å². The fourth-order valence-electron chi connectivity index (χ4n) is 1.77. The highest BCUT2D eigenvalue weighted by Crippen LogP contribution is 2.32. The summed E-state index contributed by atoms with van der Waals surface area (Å²) in [5.74, 6) is -0.226. The molecule has 0 aromatic heterocycles. The SMILES string of the molecule is CCC(N)C(C)c1ccc([N+](=O)[O-])cc1[N+](=O)[O-]. The number of nitrogens with two attached hydrogens (primary N) is 1. The highest BCUT2D eigenvalue weighted by Gasteiger charge is 2.25. The Labute approximate surface area is 104 Å². The smallest absolute Gasteiger partial charge is 0.279 e. The Morgan fingerprint density at radius 3 is 2.33 bits per heavy atom. The number of benzene rings is 1. The lowest BCUT2D eigenvalue weighted by Gasteiger charge is -2.18. The Morgan fingerprint density at radius 1 is 1.28 bits per heavy atom. The van der Waals surface area contributed by atoms with Crippen LogP contribution < -0.4 is 5.73 Å². The molecule has 7 nitrogen and oxygen atoms in total. The monoisotopic (exact) mass is 253 g/mol. The molecule has 1 aromatic carbocycles. The Balaban J connectivity index is 3.27. The largest absolute Gasteiger partial charge is 0.327 e. The lowest BCUT2D eigenvalue weighted by Crippen LogP contribution is -2.26. The summed E-state index contributed by atoms with van der Waals surface area (Å²) in [6.45, 7) is 3.67. The third kappa shape index (κ3) is 2.80. The van der Waals surface area contributed by atoms with Crippen molar-refractivity contribution < 1.29 is 9.85 Å². The molecule has 0 saturated heterocycles. The van der Waals surface area contributed by atoms with Crippen molar-refractivity contribution in [3.63, 3.8) is 0 Å². The molecule has 7 heteroatoms. The molecule has 0 amide bonds. The van der Waals surface area contributed by atoms with Crippen LogP contribution in [0.5, 0.6) is 0 Å². The van der Waals surface area contributed by atoms with E-state index in [-0.39, 0.29) is 23.3 Å². The molecule has 1 rings (SSSR count). The van der Waals surface area contributed by atoms with Gasteiger partial charge < -0.3 is 5.73 Å². The second-order valence-electron chi connectivity index (χ2n) is 4.12. The first-order chi connectivity index (χ1) is 8.38. The molecule has 0 aliphatic carbocycles. The van der Waals surface area contributed by atoms with Gasteiger partial charge in [-0.05, 0) is 12.5 Å². The normalized spacial score (nSPS) is 13.9. The van der Waals surface area contributed by atoms with Crippen molar-refractivity contribution in [1.82, 2.24) is 0 Å². The zero-order valence-corrected chi connectivity index (χ0v) is 10.2. The summed E-state index contributed by atoms with van der Waals surface area (Å²) in [7, 11) is 0. The molecule has 0 fully saturated rings. The Morgan fingerprint density at radius 2 is 1.89 bits per heavy atom. The van der Waals surface area contributed by atoms with Crippen LogP contribution in [0.25, 0.3) is 0 Å². The zero-order chi connectivity index (χ0) is 13.9. The van der Waals surface area contributed by atoms with Gasteiger partial charge in [0.25, 0.3) is 11.4 Å². The van der Waals surface area contributed by atoms with Crippen LogP contribution >= 0.6 is 0 Å². The molecule has 0 spiro atoms. The highest BCUT2D eigenvalue weighted by molar-refractivity contribution is 5.50. The van der Waals surface area contributed by atoms with Crippen LogP contribution in [0.3, 0.4) is 0 Å². The zero-order valence-electron chi connectivity index (χ0n) is 10.2. The molecule has 0 radical (unpaired) electrons. The predicted octanol–water partition coefficient (Wildman–Crippen LogP) is 2.34. The average Bonchev–Trinajstić information content (AvgIpc) is 2.35. The van der Waals surface area contributed by atoms with Crippen molar-refractivity contribution in [2.24, 2.45) is 5.73 Å². The van der Waals surface area contributed by atoms with Gasteiger partial charge in [-0.3, -0.25) is 20.2 Å². The fraction of sp³-hybridized carbons (Fsp3) is 0.455. The third-order valence-corrected chi connectivity index (χ3v) is 3.03. The van der Waals surface area contributed by atoms with Crippen molar-refractivity contribution in [3.05, 3.63) is 44.0 Å². The van der Waals surface area contributed by atoms with Crippen LogP contribution in [0.4, 0.5) is 11.4 Å². The van der Waals surface area contributed by atoms with E-state index in [1.165, 1.54) is 12.1 Å². The molecule has 1 aromatic rings. The van der Waals surface area contributed by atoms with E-state index in [4.69, 9.17) is 5.73 Å². The minimum absolute atomic E-state index is 0.217. The average molecular weight is 253 g/mol. The summed E-state index contributed by atoms with van der Waals surface area (Å²) in [4.78, 5) is 20.3. The maximum atomic E-state index is 11.0. The first-order valence-electron chi connectivity index (χ1n) is 5.56. The topological polar surface area (TPSA) is 112 Å². The summed E-state index contributed by atoms with van der Waals surface area (Å²) >= 11 is 0. The molecular weight excluding hydrogens is 238 g/mol. The first-order valence-corrected chi connectivity index (χ1v) is 5.56. The molecule has 2 N–H and O–H groups in total. The standard InChI is InChI=1S/C11H15N3O4/c1-3-10(12)7(2)9-5-4-8(13(15)16)6-11(9)14(17)18/h4-7,10H,3,12H2,1-2H3. The number of rotatable bonds is 5. The summed E-state index contributed by atoms with van der Waals surface area (Å²) in [6, 6.07) is 3.44. The van der Waals surface area contributed by atoms with E-state index in [0.717, 1.165) is 6.07 Å². The van der Waals surface area contributed by atoms with Gasteiger partial charge in [0.1, 0.15) is 0 Å². The molecule has 0 aliphatic heterocycles. The lowest BCUT2D eigenvalue weighted by atomic mass is 9.91. The predicted molar refractivity (Wildman–Crippen MR) is 66.4 cm³/mol. The van der Waals surface area contributed by atoms with Gasteiger partial charge in [-0.2, -0.15) is 0 Å². The maximum absolute atomic E-state index is 11.0. The van der Waals surface area contributed by atoms with Crippen LogP contribution in [0.1, 0.15) is 31.7 Å². The molecule has 0 aliphatic rings. The summed E-state index contributed by atoms with van der Waals surface area (Å²) in [5, 5.41) is 21.6. The minimum Gasteiger partial charge on any atom is -0.327 e. The Hall–Kier alpha value is -2.02. The van der Waals surface area contributed by atoms with Crippen molar-refractivity contribution >= 4 is 11.4 Å². The van der Waals surface area contributed by atoms with Crippen LogP contribution in [-0.2, 0) is 0 Å².